The summed E-state index contributed by atoms with van der Waals surface area (Å²) in [6, 6.07) is 0.0917. The highest BCUT2D eigenvalue weighted by Crippen LogP contribution is 2.17. The molecule has 1 fully saturated rings. The van der Waals surface area contributed by atoms with Gasteiger partial charge in [-0.25, -0.2) is 4.79 Å². The normalized spacial score (nSPS) is 21.2. The minimum atomic E-state index is -0.199. The van der Waals surface area contributed by atoms with E-state index in [1.54, 1.807) is 0 Å². The van der Waals surface area contributed by atoms with E-state index < -0.39 is 0 Å². The van der Waals surface area contributed by atoms with Crippen LogP contribution in [0.15, 0.2) is 11.8 Å². The first-order valence-corrected chi connectivity index (χ1v) is 5.80. The highest BCUT2D eigenvalue weighted by molar-refractivity contribution is 5.92. The van der Waals surface area contributed by atoms with Crippen molar-refractivity contribution >= 4 is 11.9 Å². The van der Waals surface area contributed by atoms with E-state index in [9.17, 15) is 9.59 Å². The fraction of sp³-hybridized carbons (Fsp3) is 0.636. The second-order valence-electron chi connectivity index (χ2n) is 4.32. The van der Waals surface area contributed by atoms with Crippen LogP contribution >= 0.6 is 0 Å². The average molecular weight is 223 g/mol. The molecular weight excluding hydrogens is 206 g/mol. The Labute approximate surface area is 94.7 Å². The molecule has 0 unspecified atom stereocenters. The lowest BCUT2D eigenvalue weighted by molar-refractivity contribution is -0.115. The maximum absolute atomic E-state index is 11.6. The summed E-state index contributed by atoms with van der Waals surface area (Å²) in [6.45, 7) is 0.414. The maximum Gasteiger partial charge on any atom is 0.319 e. The fourth-order valence-corrected chi connectivity index (χ4v) is 2.14. The summed E-state index contributed by atoms with van der Waals surface area (Å²) < 4.78 is 0. The Morgan fingerprint density at radius 3 is 2.69 bits per heavy atom. The standard InChI is InChI=1S/C11H17N3O2/c15-10-6-9(7-12-10)14-11(16)13-8-4-2-1-3-5-8/h6,8H,1-5,7H2,(H,12,15)(H2,13,14,16). The summed E-state index contributed by atoms with van der Waals surface area (Å²) in [5.41, 5.74) is 0.637. The summed E-state index contributed by atoms with van der Waals surface area (Å²) in [4.78, 5) is 22.4. The number of carbonyl (C=O) groups is 2. The molecule has 2 rings (SSSR count). The second kappa shape index (κ2) is 5.01. The van der Waals surface area contributed by atoms with Crippen LogP contribution in [0.4, 0.5) is 4.79 Å². The Balaban J connectivity index is 1.75. The van der Waals surface area contributed by atoms with Crippen molar-refractivity contribution in [3.63, 3.8) is 0 Å². The van der Waals surface area contributed by atoms with E-state index >= 15 is 0 Å². The predicted molar refractivity (Wildman–Crippen MR) is 59.6 cm³/mol. The van der Waals surface area contributed by atoms with Gasteiger partial charge in [-0.2, -0.15) is 0 Å². The van der Waals surface area contributed by atoms with E-state index in [1.165, 1.54) is 25.3 Å². The molecule has 1 aliphatic carbocycles. The molecule has 5 heteroatoms. The van der Waals surface area contributed by atoms with Crippen LogP contribution in [-0.4, -0.2) is 24.5 Å². The van der Waals surface area contributed by atoms with Crippen LogP contribution in [0.2, 0.25) is 0 Å². The monoisotopic (exact) mass is 223 g/mol. The van der Waals surface area contributed by atoms with Crippen molar-refractivity contribution in [2.75, 3.05) is 6.54 Å². The van der Waals surface area contributed by atoms with Crippen molar-refractivity contribution in [2.45, 2.75) is 38.1 Å². The number of hydrogen-bond donors (Lipinski definition) is 3. The molecule has 1 heterocycles. The van der Waals surface area contributed by atoms with Gasteiger partial charge in [0.15, 0.2) is 0 Å². The van der Waals surface area contributed by atoms with Crippen LogP contribution in [0.3, 0.4) is 0 Å². The van der Waals surface area contributed by atoms with Crippen molar-refractivity contribution in [1.82, 2.24) is 16.0 Å². The predicted octanol–water partition coefficient (Wildman–Crippen LogP) is 0.632. The first-order valence-electron chi connectivity index (χ1n) is 5.80. The number of rotatable bonds is 2. The van der Waals surface area contributed by atoms with E-state index in [2.05, 4.69) is 16.0 Å². The lowest BCUT2D eigenvalue weighted by Gasteiger charge is -2.22. The quantitative estimate of drug-likeness (QED) is 0.642. The van der Waals surface area contributed by atoms with Gasteiger partial charge < -0.3 is 16.0 Å². The van der Waals surface area contributed by atoms with Crippen LogP contribution in [0.5, 0.6) is 0 Å². The smallest absolute Gasteiger partial charge is 0.319 e. The third-order valence-electron chi connectivity index (χ3n) is 2.97. The van der Waals surface area contributed by atoms with E-state index in [4.69, 9.17) is 0 Å². The molecule has 0 saturated heterocycles. The van der Waals surface area contributed by atoms with Crippen molar-refractivity contribution < 1.29 is 9.59 Å². The Morgan fingerprint density at radius 2 is 2.06 bits per heavy atom. The molecule has 0 spiro atoms. The summed E-state index contributed by atoms with van der Waals surface area (Å²) in [5, 5.41) is 8.22. The average Bonchev–Trinajstić information content (AvgIpc) is 2.65. The topological polar surface area (TPSA) is 70.2 Å². The van der Waals surface area contributed by atoms with Crippen molar-refractivity contribution in [2.24, 2.45) is 0 Å². The van der Waals surface area contributed by atoms with Crippen LogP contribution in [0.1, 0.15) is 32.1 Å². The van der Waals surface area contributed by atoms with Crippen molar-refractivity contribution in [3.8, 4) is 0 Å². The lowest BCUT2D eigenvalue weighted by atomic mass is 9.96. The molecule has 0 atom stereocenters. The molecule has 16 heavy (non-hydrogen) atoms. The third kappa shape index (κ3) is 2.98. The molecule has 0 bridgehead atoms. The maximum atomic E-state index is 11.6. The molecule has 1 aliphatic heterocycles. The van der Waals surface area contributed by atoms with Crippen LogP contribution in [-0.2, 0) is 4.79 Å². The number of carbonyl (C=O) groups excluding carboxylic acids is 2. The Hall–Kier alpha value is -1.52. The van der Waals surface area contributed by atoms with Gasteiger partial charge in [0.2, 0.25) is 5.91 Å². The molecule has 0 aromatic rings. The van der Waals surface area contributed by atoms with Gasteiger partial charge in [0.05, 0.1) is 6.54 Å². The van der Waals surface area contributed by atoms with Crippen LogP contribution in [0, 0.1) is 0 Å². The zero-order valence-electron chi connectivity index (χ0n) is 9.21. The molecule has 88 valence electrons. The number of amides is 3. The molecule has 3 N–H and O–H groups in total. The molecule has 0 radical (unpaired) electrons. The van der Waals surface area contributed by atoms with Gasteiger partial charge >= 0.3 is 6.03 Å². The van der Waals surface area contributed by atoms with Crippen molar-refractivity contribution in [3.05, 3.63) is 11.8 Å². The highest BCUT2D eigenvalue weighted by Gasteiger charge is 2.17. The molecule has 3 amide bonds. The van der Waals surface area contributed by atoms with Gasteiger partial charge in [0.1, 0.15) is 0 Å². The Morgan fingerprint density at radius 1 is 1.31 bits per heavy atom. The molecule has 0 aromatic heterocycles. The highest BCUT2D eigenvalue weighted by atomic mass is 16.2. The first kappa shape index (κ1) is 11.0. The zero-order valence-corrected chi connectivity index (χ0v) is 9.21. The van der Waals surface area contributed by atoms with Gasteiger partial charge in [0, 0.05) is 17.8 Å². The summed E-state index contributed by atoms with van der Waals surface area (Å²) in [6.07, 6.45) is 7.18. The second-order valence-corrected chi connectivity index (χ2v) is 4.32. The Kier molecular flexibility index (Phi) is 3.44. The van der Waals surface area contributed by atoms with E-state index in [-0.39, 0.29) is 11.9 Å². The fourth-order valence-electron chi connectivity index (χ4n) is 2.14. The summed E-state index contributed by atoms with van der Waals surface area (Å²) in [5.74, 6) is -0.145. The van der Waals surface area contributed by atoms with Crippen LogP contribution in [0.25, 0.3) is 0 Å². The number of urea groups is 1. The number of nitrogens with one attached hydrogen (secondary N) is 3. The van der Waals surface area contributed by atoms with E-state index in [0.29, 0.717) is 18.3 Å². The Bertz CT molecular complexity index is 319. The summed E-state index contributed by atoms with van der Waals surface area (Å²) in [7, 11) is 0. The first-order chi connectivity index (χ1) is 7.74. The SMILES string of the molecule is O=C1C=C(NC(=O)NC2CCCCC2)CN1. The van der Waals surface area contributed by atoms with Gasteiger partial charge in [0.25, 0.3) is 0 Å². The van der Waals surface area contributed by atoms with Crippen LogP contribution < -0.4 is 16.0 Å². The lowest BCUT2D eigenvalue weighted by Crippen LogP contribution is -2.43. The molecule has 2 aliphatic rings. The molecule has 0 aromatic carbocycles. The van der Waals surface area contributed by atoms with Gasteiger partial charge in [-0.15, -0.1) is 0 Å². The van der Waals surface area contributed by atoms with E-state index in [1.807, 2.05) is 0 Å². The minimum absolute atomic E-state index is 0.145. The van der Waals surface area contributed by atoms with Gasteiger partial charge in [-0.1, -0.05) is 19.3 Å². The van der Waals surface area contributed by atoms with Gasteiger partial charge in [-0.05, 0) is 12.8 Å². The number of hydrogen-bond acceptors (Lipinski definition) is 2. The zero-order chi connectivity index (χ0) is 11.4. The van der Waals surface area contributed by atoms with E-state index in [0.717, 1.165) is 12.8 Å². The largest absolute Gasteiger partial charge is 0.347 e. The van der Waals surface area contributed by atoms with Gasteiger partial charge in [-0.3, -0.25) is 4.79 Å². The minimum Gasteiger partial charge on any atom is -0.347 e. The molecule has 5 nitrogen and oxygen atoms in total. The molecular formula is C11H17N3O2. The molecule has 1 saturated carbocycles. The third-order valence-corrected chi connectivity index (χ3v) is 2.97. The summed E-state index contributed by atoms with van der Waals surface area (Å²) >= 11 is 0. The van der Waals surface area contributed by atoms with Crippen molar-refractivity contribution in [1.29, 1.82) is 0 Å².